The van der Waals surface area contributed by atoms with Crippen molar-refractivity contribution in [1.82, 2.24) is 19.8 Å². The first-order valence-corrected chi connectivity index (χ1v) is 9.31. The van der Waals surface area contributed by atoms with E-state index in [9.17, 15) is 4.79 Å². The molecule has 1 N–H and O–H groups in total. The Hall–Kier alpha value is -2.97. The van der Waals surface area contributed by atoms with Gasteiger partial charge in [0.15, 0.2) is 5.82 Å². The van der Waals surface area contributed by atoms with E-state index >= 15 is 0 Å². The normalized spacial score (nSPS) is 18.7. The molecule has 146 valence electrons. The van der Waals surface area contributed by atoms with Crippen molar-refractivity contribution in [3.05, 3.63) is 66.2 Å². The third kappa shape index (κ3) is 4.29. The van der Waals surface area contributed by atoms with Crippen LogP contribution in [0.4, 0.5) is 5.82 Å². The lowest BCUT2D eigenvalue weighted by Gasteiger charge is -2.37. The van der Waals surface area contributed by atoms with Crippen molar-refractivity contribution in [2.24, 2.45) is 0 Å². The first-order chi connectivity index (χ1) is 13.7. The molecule has 0 saturated carbocycles. The summed E-state index contributed by atoms with van der Waals surface area (Å²) in [7, 11) is 0. The number of carbonyl (C=O) groups excluding carboxylic acids is 1. The number of carbonyl (C=O) groups is 1. The zero-order valence-corrected chi connectivity index (χ0v) is 15.7. The largest absolute Gasteiger partial charge is 0.374 e. The molecule has 2 atom stereocenters. The van der Waals surface area contributed by atoms with Crippen LogP contribution in [0.25, 0.3) is 0 Å². The van der Waals surface area contributed by atoms with Crippen molar-refractivity contribution in [3.8, 4) is 0 Å². The highest BCUT2D eigenvalue weighted by Crippen LogP contribution is 2.25. The van der Waals surface area contributed by atoms with Crippen LogP contribution < -0.4 is 5.32 Å². The second-order valence-corrected chi connectivity index (χ2v) is 6.84. The zero-order valence-electron chi connectivity index (χ0n) is 15.7. The van der Waals surface area contributed by atoms with Crippen LogP contribution in [0.15, 0.2) is 59.4 Å². The van der Waals surface area contributed by atoms with Gasteiger partial charge in [-0.25, -0.2) is 0 Å². The van der Waals surface area contributed by atoms with E-state index in [-0.39, 0.29) is 12.0 Å². The van der Waals surface area contributed by atoms with Crippen LogP contribution in [0.5, 0.6) is 0 Å². The minimum absolute atomic E-state index is 0.0399. The summed E-state index contributed by atoms with van der Waals surface area (Å²) in [6.07, 6.45) is 3.62. The van der Waals surface area contributed by atoms with Crippen LogP contribution in [0.1, 0.15) is 17.4 Å². The predicted molar refractivity (Wildman–Crippen MR) is 103 cm³/mol. The molecule has 2 unspecified atom stereocenters. The molecule has 28 heavy (non-hydrogen) atoms. The number of morpholine rings is 1. The fraction of sp³-hybridized carbons (Fsp3) is 0.350. The summed E-state index contributed by atoms with van der Waals surface area (Å²) >= 11 is 0. The maximum atomic E-state index is 13.2. The third-order valence-corrected chi connectivity index (χ3v) is 4.73. The second kappa shape index (κ2) is 8.37. The Morgan fingerprint density at radius 1 is 1.32 bits per heavy atom. The summed E-state index contributed by atoms with van der Waals surface area (Å²) in [6.45, 7) is 4.30. The number of amides is 1. The summed E-state index contributed by atoms with van der Waals surface area (Å²) in [5.74, 6) is 0.932. The highest BCUT2D eigenvalue weighted by molar-refractivity contribution is 5.94. The van der Waals surface area contributed by atoms with Gasteiger partial charge in [-0.15, -0.1) is 0 Å². The summed E-state index contributed by atoms with van der Waals surface area (Å²) < 4.78 is 12.8. The summed E-state index contributed by atoms with van der Waals surface area (Å²) in [6, 6.07) is 12.9. The SMILES string of the molecule is Cc1cc(NC(=O)C(c2ccccc2)N2CCOC(Cn3cccn3)C2)no1. The van der Waals surface area contributed by atoms with Crippen molar-refractivity contribution in [1.29, 1.82) is 0 Å². The molecule has 3 aromatic rings. The molecule has 1 aliphatic rings. The van der Waals surface area contributed by atoms with E-state index in [1.165, 1.54) is 0 Å². The Labute approximate surface area is 163 Å². The average molecular weight is 381 g/mol. The number of ether oxygens (including phenoxy) is 1. The van der Waals surface area contributed by atoms with Gasteiger partial charge in [-0.1, -0.05) is 35.5 Å². The second-order valence-electron chi connectivity index (χ2n) is 6.84. The maximum absolute atomic E-state index is 13.2. The Bertz CT molecular complexity index is 894. The summed E-state index contributed by atoms with van der Waals surface area (Å²) in [4.78, 5) is 15.3. The van der Waals surface area contributed by atoms with Gasteiger partial charge in [-0.05, 0) is 18.6 Å². The molecule has 1 amide bonds. The van der Waals surface area contributed by atoms with E-state index < -0.39 is 6.04 Å². The van der Waals surface area contributed by atoms with Crippen molar-refractivity contribution < 1.29 is 14.1 Å². The maximum Gasteiger partial charge on any atom is 0.247 e. The molecule has 1 aromatic carbocycles. The first kappa shape index (κ1) is 18.4. The Morgan fingerprint density at radius 3 is 2.89 bits per heavy atom. The number of benzene rings is 1. The number of nitrogens with one attached hydrogen (secondary N) is 1. The lowest BCUT2D eigenvalue weighted by atomic mass is 10.0. The van der Waals surface area contributed by atoms with Gasteiger partial charge in [0.1, 0.15) is 11.8 Å². The van der Waals surface area contributed by atoms with Crippen molar-refractivity contribution in [2.45, 2.75) is 25.6 Å². The predicted octanol–water partition coefficient (Wildman–Crippen LogP) is 2.26. The van der Waals surface area contributed by atoms with Crippen molar-refractivity contribution in [3.63, 3.8) is 0 Å². The number of anilines is 1. The molecule has 8 nitrogen and oxygen atoms in total. The van der Waals surface area contributed by atoms with E-state index in [0.717, 1.165) is 5.56 Å². The molecule has 1 aliphatic heterocycles. The molecule has 3 heterocycles. The van der Waals surface area contributed by atoms with Gasteiger partial charge in [0.05, 0.1) is 19.3 Å². The molecule has 4 rings (SSSR count). The molecular weight excluding hydrogens is 358 g/mol. The number of aryl methyl sites for hydroxylation is 1. The molecular formula is C20H23N5O3. The van der Waals surface area contributed by atoms with Gasteiger partial charge in [0.2, 0.25) is 5.91 Å². The number of nitrogens with zero attached hydrogens (tertiary/aromatic N) is 4. The topological polar surface area (TPSA) is 85.4 Å². The Balaban J connectivity index is 1.53. The van der Waals surface area contributed by atoms with E-state index in [4.69, 9.17) is 9.26 Å². The Kier molecular flexibility index (Phi) is 5.50. The third-order valence-electron chi connectivity index (χ3n) is 4.73. The van der Waals surface area contributed by atoms with Crippen LogP contribution in [0, 0.1) is 6.92 Å². The van der Waals surface area contributed by atoms with Crippen LogP contribution in [0.2, 0.25) is 0 Å². The van der Waals surface area contributed by atoms with E-state index in [1.54, 1.807) is 19.2 Å². The lowest BCUT2D eigenvalue weighted by Crippen LogP contribution is -2.48. The van der Waals surface area contributed by atoms with E-state index in [0.29, 0.717) is 37.8 Å². The smallest absolute Gasteiger partial charge is 0.247 e. The highest BCUT2D eigenvalue weighted by atomic mass is 16.5. The van der Waals surface area contributed by atoms with Gasteiger partial charge >= 0.3 is 0 Å². The quantitative estimate of drug-likeness (QED) is 0.705. The molecule has 0 spiro atoms. The molecule has 8 heteroatoms. The lowest BCUT2D eigenvalue weighted by molar-refractivity contribution is -0.125. The van der Waals surface area contributed by atoms with Gasteiger partial charge in [0.25, 0.3) is 0 Å². The summed E-state index contributed by atoms with van der Waals surface area (Å²) in [5, 5.41) is 11.0. The number of aromatic nitrogens is 3. The molecule has 0 radical (unpaired) electrons. The Morgan fingerprint density at radius 2 is 2.18 bits per heavy atom. The molecule has 0 bridgehead atoms. The van der Waals surface area contributed by atoms with Crippen molar-refractivity contribution in [2.75, 3.05) is 25.0 Å². The standard InChI is InChI=1S/C20H23N5O3/c1-15-12-18(23-28-15)22-20(26)19(16-6-3-2-4-7-16)24-10-11-27-17(13-24)14-25-9-5-8-21-25/h2-9,12,17,19H,10-11,13-14H2,1H3,(H,22,23,26). The van der Waals surface area contributed by atoms with Gasteiger partial charge in [-0.2, -0.15) is 5.10 Å². The minimum Gasteiger partial charge on any atom is -0.374 e. The first-order valence-electron chi connectivity index (χ1n) is 9.31. The molecule has 1 saturated heterocycles. The van der Waals surface area contributed by atoms with Crippen LogP contribution in [0.3, 0.4) is 0 Å². The zero-order chi connectivity index (χ0) is 19.3. The van der Waals surface area contributed by atoms with Gasteiger partial charge in [-0.3, -0.25) is 14.4 Å². The van der Waals surface area contributed by atoms with Crippen LogP contribution >= 0.6 is 0 Å². The molecule has 2 aromatic heterocycles. The fourth-order valence-electron chi connectivity index (χ4n) is 3.49. The van der Waals surface area contributed by atoms with Gasteiger partial charge in [0, 0.05) is 31.5 Å². The molecule has 1 fully saturated rings. The van der Waals surface area contributed by atoms with Crippen molar-refractivity contribution >= 4 is 11.7 Å². The highest BCUT2D eigenvalue weighted by Gasteiger charge is 2.32. The van der Waals surface area contributed by atoms with Crippen LogP contribution in [-0.4, -0.2) is 51.5 Å². The number of rotatable bonds is 6. The van der Waals surface area contributed by atoms with E-state index in [1.807, 2.05) is 47.3 Å². The number of hydrogen-bond donors (Lipinski definition) is 1. The van der Waals surface area contributed by atoms with Crippen LogP contribution in [-0.2, 0) is 16.1 Å². The monoisotopic (exact) mass is 381 g/mol. The molecule has 0 aliphatic carbocycles. The average Bonchev–Trinajstić information content (AvgIpc) is 3.35. The fourth-order valence-corrected chi connectivity index (χ4v) is 3.49. The minimum atomic E-state index is -0.442. The van der Waals surface area contributed by atoms with E-state index in [2.05, 4.69) is 20.5 Å². The number of hydrogen-bond acceptors (Lipinski definition) is 6. The summed E-state index contributed by atoms with van der Waals surface area (Å²) in [5.41, 5.74) is 0.931. The van der Waals surface area contributed by atoms with Gasteiger partial charge < -0.3 is 14.6 Å².